The standard InChI is InChI=1S/C15H12F3N3OS/c16-15(17,18)9-3-1-2-8(6-9)13(22)12-11-14(20-7-19-11)23-21(12)10-4-5-10/h1-3,6-7,10,13,22H,4-5H2. The summed E-state index contributed by atoms with van der Waals surface area (Å²) in [6.07, 6.45) is -2.21. The summed E-state index contributed by atoms with van der Waals surface area (Å²) in [4.78, 5) is 8.30. The summed E-state index contributed by atoms with van der Waals surface area (Å²) in [5.41, 5.74) is 0.528. The molecular weight excluding hydrogens is 327 g/mol. The first-order valence-electron chi connectivity index (χ1n) is 7.12. The number of aliphatic hydroxyl groups is 1. The number of halogens is 3. The van der Waals surface area contributed by atoms with Crippen molar-refractivity contribution in [3.63, 3.8) is 0 Å². The number of hydrogen-bond acceptors (Lipinski definition) is 4. The van der Waals surface area contributed by atoms with Crippen LogP contribution in [-0.2, 0) is 6.18 Å². The van der Waals surface area contributed by atoms with Crippen molar-refractivity contribution in [2.75, 3.05) is 0 Å². The van der Waals surface area contributed by atoms with Gasteiger partial charge in [0.1, 0.15) is 18.1 Å². The molecule has 1 atom stereocenters. The summed E-state index contributed by atoms with van der Waals surface area (Å²) >= 11 is 1.39. The number of benzene rings is 1. The molecule has 2 heterocycles. The van der Waals surface area contributed by atoms with Crippen molar-refractivity contribution < 1.29 is 18.3 Å². The zero-order chi connectivity index (χ0) is 16.2. The first-order valence-corrected chi connectivity index (χ1v) is 7.90. The zero-order valence-electron chi connectivity index (χ0n) is 11.8. The van der Waals surface area contributed by atoms with Crippen LogP contribution in [0.4, 0.5) is 13.2 Å². The third kappa shape index (κ3) is 2.51. The van der Waals surface area contributed by atoms with Crippen molar-refractivity contribution in [3.8, 4) is 10.7 Å². The van der Waals surface area contributed by atoms with E-state index >= 15 is 0 Å². The Labute approximate surface area is 133 Å². The fraction of sp³-hybridized carbons (Fsp3) is 0.333. The maximum atomic E-state index is 12.9. The van der Waals surface area contributed by atoms with E-state index in [-0.39, 0.29) is 11.6 Å². The van der Waals surface area contributed by atoms with E-state index in [9.17, 15) is 18.3 Å². The third-order valence-electron chi connectivity index (χ3n) is 3.90. The van der Waals surface area contributed by atoms with Gasteiger partial charge in [-0.1, -0.05) is 12.1 Å². The van der Waals surface area contributed by atoms with Gasteiger partial charge in [-0.15, -0.1) is 0 Å². The number of alkyl halides is 3. The molecular formula is C15H12F3N3OS. The van der Waals surface area contributed by atoms with E-state index < -0.39 is 17.8 Å². The predicted molar refractivity (Wildman–Crippen MR) is 78.3 cm³/mol. The molecule has 4 rings (SSSR count). The molecule has 1 aromatic carbocycles. The molecule has 0 amide bonds. The van der Waals surface area contributed by atoms with Crippen LogP contribution in [0.1, 0.15) is 41.8 Å². The number of imidazole rings is 1. The first kappa shape index (κ1) is 14.6. The second-order valence-corrected chi connectivity index (χ2v) is 6.55. The second kappa shape index (κ2) is 5.04. The monoisotopic (exact) mass is 339 g/mol. The lowest BCUT2D eigenvalue weighted by molar-refractivity contribution is -0.137. The Morgan fingerprint density at radius 2 is 2.04 bits per heavy atom. The number of nitrogens with zero attached hydrogens (tertiary/aromatic N) is 3. The normalized spacial score (nSPS) is 16.9. The minimum Gasteiger partial charge on any atom is -0.382 e. The van der Waals surface area contributed by atoms with Gasteiger partial charge in [-0.3, -0.25) is 3.96 Å². The Hall–Kier alpha value is -1.93. The van der Waals surface area contributed by atoms with Gasteiger partial charge in [0.2, 0.25) is 0 Å². The van der Waals surface area contributed by atoms with Crippen LogP contribution >= 0.6 is 11.5 Å². The molecule has 0 saturated heterocycles. The van der Waals surface area contributed by atoms with Crippen molar-refractivity contribution in [2.24, 2.45) is 0 Å². The maximum absolute atomic E-state index is 12.9. The quantitative estimate of drug-likeness (QED) is 0.788. The van der Waals surface area contributed by atoms with Crippen LogP contribution in [0.5, 0.6) is 0 Å². The van der Waals surface area contributed by atoms with E-state index in [1.54, 1.807) is 0 Å². The Balaban J connectivity index is 1.79. The summed E-state index contributed by atoms with van der Waals surface area (Å²) in [6, 6.07) is 5.07. The highest BCUT2D eigenvalue weighted by Crippen LogP contribution is 2.46. The van der Waals surface area contributed by atoms with Crippen LogP contribution < -0.4 is 0 Å². The molecule has 23 heavy (non-hydrogen) atoms. The summed E-state index contributed by atoms with van der Waals surface area (Å²) in [5, 5.41) is 11.4. The van der Waals surface area contributed by atoms with Crippen LogP contribution in [0.2, 0.25) is 0 Å². The SMILES string of the molecule is OC(c1cccc(C(F)(F)F)c1)c1c2ncnc-2sn1C1CC1. The fourth-order valence-electron chi connectivity index (χ4n) is 2.62. The van der Waals surface area contributed by atoms with Gasteiger partial charge >= 0.3 is 6.18 Å². The highest BCUT2D eigenvalue weighted by Gasteiger charge is 2.35. The van der Waals surface area contributed by atoms with Gasteiger partial charge in [-0.2, -0.15) is 13.2 Å². The van der Waals surface area contributed by atoms with Crippen LogP contribution in [-0.4, -0.2) is 19.0 Å². The van der Waals surface area contributed by atoms with Gasteiger partial charge < -0.3 is 5.11 Å². The molecule has 1 N–H and O–H groups in total. The lowest BCUT2D eigenvalue weighted by atomic mass is 10.0. The van der Waals surface area contributed by atoms with E-state index in [1.807, 2.05) is 3.96 Å². The van der Waals surface area contributed by atoms with Crippen molar-refractivity contribution in [1.82, 2.24) is 13.9 Å². The number of rotatable bonds is 3. The third-order valence-corrected chi connectivity index (χ3v) is 5.06. The highest BCUT2D eigenvalue weighted by molar-refractivity contribution is 7.10. The Morgan fingerprint density at radius 1 is 1.26 bits per heavy atom. The molecule has 1 fully saturated rings. The summed E-state index contributed by atoms with van der Waals surface area (Å²) < 4.78 is 40.6. The average molecular weight is 339 g/mol. The number of aromatic nitrogens is 3. The topological polar surface area (TPSA) is 50.9 Å². The predicted octanol–water partition coefficient (Wildman–Crippen LogP) is 3.88. The van der Waals surface area contributed by atoms with E-state index in [1.165, 1.54) is 30.0 Å². The van der Waals surface area contributed by atoms with Gasteiger partial charge in [-0.05, 0) is 42.1 Å². The maximum Gasteiger partial charge on any atom is 0.416 e. The van der Waals surface area contributed by atoms with E-state index in [0.717, 1.165) is 25.0 Å². The Bertz CT molecular complexity index is 822. The highest BCUT2D eigenvalue weighted by atomic mass is 32.1. The molecule has 8 heteroatoms. The van der Waals surface area contributed by atoms with Gasteiger partial charge in [-0.25, -0.2) is 9.97 Å². The zero-order valence-corrected chi connectivity index (χ0v) is 12.6. The van der Waals surface area contributed by atoms with Crippen molar-refractivity contribution in [3.05, 3.63) is 47.4 Å². The molecule has 4 nitrogen and oxygen atoms in total. The molecule has 3 aliphatic rings. The number of fused-ring (bicyclic) bond motifs is 1. The van der Waals surface area contributed by atoms with Crippen molar-refractivity contribution in [1.29, 1.82) is 0 Å². The number of hydrogen-bond donors (Lipinski definition) is 1. The van der Waals surface area contributed by atoms with Crippen molar-refractivity contribution in [2.45, 2.75) is 31.2 Å². The smallest absolute Gasteiger partial charge is 0.382 e. The first-order chi connectivity index (χ1) is 10.9. The Kier molecular flexibility index (Phi) is 3.21. The molecule has 1 aliphatic carbocycles. The van der Waals surface area contributed by atoms with Crippen LogP contribution in [0, 0.1) is 0 Å². The van der Waals surface area contributed by atoms with Gasteiger partial charge in [0.25, 0.3) is 0 Å². The summed E-state index contributed by atoms with van der Waals surface area (Å²) in [6.45, 7) is 0. The fourth-order valence-corrected chi connectivity index (χ4v) is 3.79. The molecule has 1 unspecified atom stereocenters. The Morgan fingerprint density at radius 3 is 2.74 bits per heavy atom. The van der Waals surface area contributed by atoms with Gasteiger partial charge in [0.15, 0.2) is 5.01 Å². The largest absolute Gasteiger partial charge is 0.416 e. The minimum atomic E-state index is -4.44. The van der Waals surface area contributed by atoms with Crippen LogP contribution in [0.25, 0.3) is 10.7 Å². The molecule has 2 aliphatic heterocycles. The van der Waals surface area contributed by atoms with E-state index in [4.69, 9.17) is 0 Å². The summed E-state index contributed by atoms with van der Waals surface area (Å²) in [7, 11) is 0. The summed E-state index contributed by atoms with van der Waals surface area (Å²) in [5.74, 6) is 0. The van der Waals surface area contributed by atoms with Crippen LogP contribution in [0.3, 0.4) is 0 Å². The van der Waals surface area contributed by atoms with Crippen LogP contribution in [0.15, 0.2) is 30.6 Å². The lowest BCUT2D eigenvalue weighted by Crippen LogP contribution is -2.10. The van der Waals surface area contributed by atoms with Crippen molar-refractivity contribution >= 4 is 11.5 Å². The molecule has 120 valence electrons. The van der Waals surface area contributed by atoms with E-state index in [2.05, 4.69) is 9.97 Å². The van der Waals surface area contributed by atoms with E-state index in [0.29, 0.717) is 16.4 Å². The van der Waals surface area contributed by atoms with Gasteiger partial charge in [0, 0.05) is 6.04 Å². The van der Waals surface area contributed by atoms with Gasteiger partial charge in [0.05, 0.1) is 11.3 Å². The molecule has 0 spiro atoms. The minimum absolute atomic E-state index is 0.205. The average Bonchev–Trinajstić information content (AvgIpc) is 3.15. The molecule has 0 aromatic heterocycles. The molecule has 1 aromatic rings. The molecule has 1 saturated carbocycles. The molecule has 0 bridgehead atoms. The lowest BCUT2D eigenvalue weighted by Gasteiger charge is -2.16. The molecule has 0 radical (unpaired) electrons. The number of aliphatic hydroxyl groups excluding tert-OH is 1. The second-order valence-electron chi connectivity index (χ2n) is 5.59.